The molecular formula is C29H29N3O5S. The predicted octanol–water partition coefficient (Wildman–Crippen LogP) is 2.80. The molecule has 1 saturated heterocycles. The molecule has 0 unspecified atom stereocenters. The molecule has 3 heterocycles. The number of benzene rings is 2. The van der Waals surface area contributed by atoms with Gasteiger partial charge < -0.3 is 14.4 Å². The summed E-state index contributed by atoms with van der Waals surface area (Å²) in [6.45, 7) is 5.36. The maximum atomic E-state index is 13.6. The van der Waals surface area contributed by atoms with Crippen LogP contribution in [0.5, 0.6) is 5.75 Å². The van der Waals surface area contributed by atoms with E-state index in [1.54, 1.807) is 36.6 Å². The summed E-state index contributed by atoms with van der Waals surface area (Å²) in [6.07, 6.45) is 3.89. The Hall–Kier alpha value is -3.98. The molecule has 1 aromatic heterocycles. The van der Waals surface area contributed by atoms with Gasteiger partial charge in [0.15, 0.2) is 11.4 Å². The number of carbonyl (C=O) groups excluding carboxylic acids is 2. The van der Waals surface area contributed by atoms with Crippen molar-refractivity contribution in [2.24, 2.45) is 4.99 Å². The van der Waals surface area contributed by atoms with Crippen LogP contribution in [0.2, 0.25) is 0 Å². The fraction of sp³-hybridized carbons (Fsp3) is 0.310. The van der Waals surface area contributed by atoms with Gasteiger partial charge in [0.2, 0.25) is 0 Å². The molecular weight excluding hydrogens is 502 g/mol. The van der Waals surface area contributed by atoms with Gasteiger partial charge in [0.05, 0.1) is 28.5 Å². The van der Waals surface area contributed by atoms with Crippen LogP contribution < -0.4 is 19.6 Å². The summed E-state index contributed by atoms with van der Waals surface area (Å²) in [5.41, 5.74) is 2.29. The highest BCUT2D eigenvalue weighted by molar-refractivity contribution is 7.07. The van der Waals surface area contributed by atoms with Crippen molar-refractivity contribution in [3.05, 3.63) is 96.7 Å². The Morgan fingerprint density at radius 1 is 1.08 bits per heavy atom. The minimum Gasteiger partial charge on any atom is -0.484 e. The van der Waals surface area contributed by atoms with Crippen LogP contribution in [-0.2, 0) is 14.3 Å². The number of ether oxygens (including phenoxy) is 2. The largest absolute Gasteiger partial charge is 0.484 e. The lowest BCUT2D eigenvalue weighted by Gasteiger charge is -2.24. The van der Waals surface area contributed by atoms with Crippen LogP contribution in [0, 0.1) is 0 Å². The topological polar surface area (TPSA) is 90.2 Å². The van der Waals surface area contributed by atoms with Gasteiger partial charge in [-0.25, -0.2) is 9.79 Å². The third kappa shape index (κ3) is 5.19. The van der Waals surface area contributed by atoms with Gasteiger partial charge in [0.1, 0.15) is 5.75 Å². The zero-order chi connectivity index (χ0) is 26.6. The highest BCUT2D eigenvalue weighted by atomic mass is 32.1. The van der Waals surface area contributed by atoms with E-state index < -0.39 is 12.0 Å². The molecule has 2 aliphatic rings. The van der Waals surface area contributed by atoms with Crippen LogP contribution in [0.15, 0.2) is 75.7 Å². The lowest BCUT2D eigenvalue weighted by molar-refractivity contribution is -0.139. The summed E-state index contributed by atoms with van der Waals surface area (Å²) in [7, 11) is 0. The number of nitrogens with zero attached hydrogens (tertiary/aromatic N) is 3. The number of esters is 1. The molecule has 9 heteroatoms. The van der Waals surface area contributed by atoms with E-state index in [4.69, 9.17) is 9.47 Å². The molecule has 0 radical (unpaired) electrons. The number of rotatable bonds is 7. The summed E-state index contributed by atoms with van der Waals surface area (Å²) >= 11 is 1.28. The second-order valence-electron chi connectivity index (χ2n) is 9.16. The first-order chi connectivity index (χ1) is 18.5. The molecule has 38 heavy (non-hydrogen) atoms. The van der Waals surface area contributed by atoms with Gasteiger partial charge in [-0.3, -0.25) is 14.2 Å². The van der Waals surface area contributed by atoms with E-state index in [1.807, 2.05) is 47.4 Å². The smallest absolute Gasteiger partial charge is 0.338 e. The number of amides is 1. The van der Waals surface area contributed by atoms with Crippen molar-refractivity contribution < 1.29 is 19.1 Å². The summed E-state index contributed by atoms with van der Waals surface area (Å²) in [5, 5.41) is 0. The van der Waals surface area contributed by atoms with Gasteiger partial charge in [-0.15, -0.1) is 0 Å². The zero-order valence-electron chi connectivity index (χ0n) is 21.4. The number of hydrogen-bond acceptors (Lipinski definition) is 7. The van der Waals surface area contributed by atoms with E-state index in [9.17, 15) is 14.4 Å². The van der Waals surface area contributed by atoms with Crippen molar-refractivity contribution in [2.75, 3.05) is 26.3 Å². The normalized spacial score (nSPS) is 17.3. The van der Waals surface area contributed by atoms with E-state index in [-0.39, 0.29) is 24.7 Å². The van der Waals surface area contributed by atoms with Crippen LogP contribution >= 0.6 is 11.3 Å². The fourth-order valence-corrected chi connectivity index (χ4v) is 5.80. The SMILES string of the molecule is CCOC(=O)C1=C(C)N=c2s/c(=C/c3ccc(OCC(=O)N4CCCC4)cc3)c(=O)n2[C@@H]1c1ccccc1. The number of carbonyl (C=O) groups is 2. The maximum Gasteiger partial charge on any atom is 0.338 e. The van der Waals surface area contributed by atoms with Gasteiger partial charge >= 0.3 is 5.97 Å². The molecule has 0 spiro atoms. The molecule has 2 aromatic carbocycles. The average Bonchev–Trinajstić information content (AvgIpc) is 3.57. The van der Waals surface area contributed by atoms with Crippen molar-refractivity contribution in [1.82, 2.24) is 9.47 Å². The lowest BCUT2D eigenvalue weighted by Crippen LogP contribution is -2.39. The van der Waals surface area contributed by atoms with Crippen molar-refractivity contribution in [3.8, 4) is 5.75 Å². The van der Waals surface area contributed by atoms with Crippen molar-refractivity contribution in [3.63, 3.8) is 0 Å². The lowest BCUT2D eigenvalue weighted by atomic mass is 9.96. The fourth-order valence-electron chi connectivity index (χ4n) is 4.76. The van der Waals surface area contributed by atoms with Gasteiger partial charge in [-0.05, 0) is 56.0 Å². The Kier molecular flexibility index (Phi) is 7.55. The first kappa shape index (κ1) is 25.7. The first-order valence-electron chi connectivity index (χ1n) is 12.7. The second-order valence-corrected chi connectivity index (χ2v) is 10.2. The van der Waals surface area contributed by atoms with Crippen molar-refractivity contribution in [2.45, 2.75) is 32.7 Å². The highest BCUT2D eigenvalue weighted by Gasteiger charge is 2.33. The molecule has 3 aromatic rings. The number of thiazole rings is 1. The molecule has 196 valence electrons. The monoisotopic (exact) mass is 531 g/mol. The standard InChI is InChI=1S/C29H29N3O5S/c1-3-36-28(35)25-19(2)30-29-32(26(25)21-9-5-4-6-10-21)27(34)23(38-29)17-20-11-13-22(14-12-20)37-18-24(33)31-15-7-8-16-31/h4-6,9-14,17,26H,3,7-8,15-16,18H2,1-2H3/b23-17+/t26-/m1/s1. The predicted molar refractivity (Wildman–Crippen MR) is 145 cm³/mol. The molecule has 8 nitrogen and oxygen atoms in total. The first-order valence-corrected chi connectivity index (χ1v) is 13.5. The van der Waals surface area contributed by atoms with Gasteiger partial charge in [0, 0.05) is 13.1 Å². The molecule has 0 aliphatic carbocycles. The molecule has 1 atom stereocenters. The quantitative estimate of drug-likeness (QED) is 0.438. The molecule has 0 saturated carbocycles. The zero-order valence-corrected chi connectivity index (χ0v) is 22.2. The Labute approximate surface area is 224 Å². The number of likely N-dealkylation sites (tertiary alicyclic amines) is 1. The number of fused-ring (bicyclic) bond motifs is 1. The minimum atomic E-state index is -0.627. The molecule has 1 amide bonds. The minimum absolute atomic E-state index is 0.00172. The molecule has 0 bridgehead atoms. The Morgan fingerprint density at radius 3 is 2.47 bits per heavy atom. The average molecular weight is 532 g/mol. The van der Waals surface area contributed by atoms with Gasteiger partial charge in [-0.2, -0.15) is 0 Å². The number of aromatic nitrogens is 1. The van der Waals surface area contributed by atoms with E-state index in [0.29, 0.717) is 26.4 Å². The summed E-state index contributed by atoms with van der Waals surface area (Å²) in [4.78, 5) is 45.8. The maximum absolute atomic E-state index is 13.6. The Morgan fingerprint density at radius 2 is 1.79 bits per heavy atom. The van der Waals surface area contributed by atoms with Crippen LogP contribution in [0.4, 0.5) is 0 Å². The third-order valence-electron chi connectivity index (χ3n) is 6.63. The van der Waals surface area contributed by atoms with E-state index in [1.165, 1.54) is 11.3 Å². The van der Waals surface area contributed by atoms with Crippen molar-refractivity contribution in [1.29, 1.82) is 0 Å². The summed E-state index contributed by atoms with van der Waals surface area (Å²) < 4.78 is 13.1. The molecule has 2 aliphatic heterocycles. The van der Waals surface area contributed by atoms with Crippen LogP contribution in [0.25, 0.3) is 6.08 Å². The number of allylic oxidation sites excluding steroid dienone is 1. The van der Waals surface area contributed by atoms with Crippen molar-refractivity contribution >= 4 is 29.3 Å². The highest BCUT2D eigenvalue weighted by Crippen LogP contribution is 2.30. The Bertz CT molecular complexity index is 1550. The molecule has 0 N–H and O–H groups in total. The summed E-state index contributed by atoms with van der Waals surface area (Å²) in [6, 6.07) is 16.1. The Balaban J connectivity index is 1.45. The van der Waals surface area contributed by atoms with Gasteiger partial charge in [-0.1, -0.05) is 53.8 Å². The summed E-state index contributed by atoms with van der Waals surface area (Å²) in [5.74, 6) is 0.115. The van der Waals surface area contributed by atoms with E-state index in [0.717, 1.165) is 37.1 Å². The van der Waals surface area contributed by atoms with Gasteiger partial charge in [0.25, 0.3) is 11.5 Å². The third-order valence-corrected chi connectivity index (χ3v) is 7.61. The van der Waals surface area contributed by atoms with Crippen LogP contribution in [-0.4, -0.2) is 47.6 Å². The number of hydrogen-bond donors (Lipinski definition) is 0. The van der Waals surface area contributed by atoms with E-state index >= 15 is 0 Å². The molecule has 1 fully saturated rings. The van der Waals surface area contributed by atoms with Crippen LogP contribution in [0.3, 0.4) is 0 Å². The van der Waals surface area contributed by atoms with Crippen LogP contribution in [0.1, 0.15) is 43.9 Å². The second kappa shape index (κ2) is 11.2. The molecule has 5 rings (SSSR count). The van der Waals surface area contributed by atoms with E-state index in [2.05, 4.69) is 4.99 Å².